The topological polar surface area (TPSA) is 3.24 Å². The van der Waals surface area contributed by atoms with Crippen molar-refractivity contribution in [3.05, 3.63) is 35.9 Å². The van der Waals surface area contributed by atoms with E-state index in [0.29, 0.717) is 0 Å². The predicted molar refractivity (Wildman–Crippen MR) is 63.4 cm³/mol. The number of benzene rings is 1. The molecule has 0 atom stereocenters. The van der Waals surface area contributed by atoms with Crippen LogP contribution in [0.15, 0.2) is 30.3 Å². The van der Waals surface area contributed by atoms with Crippen LogP contribution in [-0.2, 0) is 0 Å². The number of anilines is 1. The third kappa shape index (κ3) is 7.17. The molecule has 0 saturated heterocycles. The van der Waals surface area contributed by atoms with Gasteiger partial charge in [-0.05, 0) is 11.6 Å². The SMILES string of the molecule is CN1CC=Cc2ccccc21.F[P-](F)(F)(F)(F)F.[H+]. The average Bonchev–Trinajstić information content (AvgIpc) is 2.14. The van der Waals surface area contributed by atoms with Crippen LogP contribution in [0.4, 0.5) is 30.9 Å². The molecule has 1 nitrogen and oxygen atoms in total. The van der Waals surface area contributed by atoms with Gasteiger partial charge in [0.25, 0.3) is 0 Å². The van der Waals surface area contributed by atoms with Crippen LogP contribution in [0.25, 0.3) is 6.08 Å². The average molecular weight is 291 g/mol. The summed E-state index contributed by atoms with van der Waals surface area (Å²) < 4.78 is 59.2. The molecule has 1 aliphatic heterocycles. The van der Waals surface area contributed by atoms with Crippen molar-refractivity contribution in [2.75, 3.05) is 18.5 Å². The maximum absolute atomic E-state index is 10.7. The molecule has 0 aliphatic carbocycles. The van der Waals surface area contributed by atoms with Crippen LogP contribution in [0.2, 0.25) is 0 Å². The van der Waals surface area contributed by atoms with E-state index in [0.717, 1.165) is 6.54 Å². The van der Waals surface area contributed by atoms with Crippen molar-refractivity contribution in [3.8, 4) is 0 Å². The smallest absolute Gasteiger partial charge is 1.00 e. The molecule has 8 heteroatoms. The zero-order valence-electron chi connectivity index (χ0n) is 10.3. The fourth-order valence-electron chi connectivity index (χ4n) is 1.41. The fourth-order valence-corrected chi connectivity index (χ4v) is 1.41. The van der Waals surface area contributed by atoms with Crippen molar-refractivity contribution in [2.24, 2.45) is 0 Å². The van der Waals surface area contributed by atoms with Gasteiger partial charge in [-0.3, -0.25) is 0 Å². The van der Waals surface area contributed by atoms with E-state index in [1.165, 1.54) is 11.3 Å². The van der Waals surface area contributed by atoms with Crippen molar-refractivity contribution in [2.45, 2.75) is 0 Å². The number of rotatable bonds is 0. The Balaban J connectivity index is 0.000000360. The molecule has 0 fully saturated rings. The molecule has 0 aromatic heterocycles. The Hall–Kier alpha value is -1.23. The molecule has 0 unspecified atom stereocenters. The Morgan fingerprint density at radius 3 is 2.06 bits per heavy atom. The standard InChI is InChI=1S/C10H11N.F6P/c1-11-8-4-6-9-5-2-3-7-10(9)11;1-7(2,3,4,5)6/h2-7H,8H2,1H3;/q;-1/p+1. The van der Waals surface area contributed by atoms with E-state index in [-0.39, 0.29) is 1.43 Å². The van der Waals surface area contributed by atoms with Crippen LogP contribution < -0.4 is 4.90 Å². The van der Waals surface area contributed by atoms with Gasteiger partial charge in [-0.15, -0.1) is 0 Å². The van der Waals surface area contributed by atoms with Crippen LogP contribution in [-0.4, -0.2) is 13.6 Å². The molecule has 1 aliphatic rings. The molecule has 0 N–H and O–H groups in total. The van der Waals surface area contributed by atoms with Crippen molar-refractivity contribution in [3.63, 3.8) is 0 Å². The Labute approximate surface area is 101 Å². The monoisotopic (exact) mass is 291 g/mol. The van der Waals surface area contributed by atoms with E-state index in [9.17, 15) is 25.2 Å². The molecule has 1 aromatic rings. The zero-order chi connectivity index (χ0) is 14.1. The minimum Gasteiger partial charge on any atom is 1.00 e. The molecule has 104 valence electrons. The summed E-state index contributed by atoms with van der Waals surface area (Å²) in [5.41, 5.74) is 2.65. The molecule has 18 heavy (non-hydrogen) atoms. The van der Waals surface area contributed by atoms with Gasteiger partial charge in [0.05, 0.1) is 0 Å². The number of nitrogens with zero attached hydrogens (tertiary/aromatic N) is 1. The van der Waals surface area contributed by atoms with Gasteiger partial charge in [0, 0.05) is 19.3 Å². The third-order valence-corrected chi connectivity index (χ3v) is 2.02. The second kappa shape index (κ2) is 3.88. The molecule has 1 heterocycles. The molecule has 0 saturated carbocycles. The van der Waals surface area contributed by atoms with Gasteiger partial charge in [-0.25, -0.2) is 0 Å². The van der Waals surface area contributed by atoms with Gasteiger partial charge in [0.2, 0.25) is 0 Å². The summed E-state index contributed by atoms with van der Waals surface area (Å²) in [6, 6.07) is 8.44. The summed E-state index contributed by atoms with van der Waals surface area (Å²) in [5.74, 6) is 0. The van der Waals surface area contributed by atoms with Crippen molar-refractivity contribution in [1.82, 2.24) is 0 Å². The van der Waals surface area contributed by atoms with E-state index < -0.39 is 7.81 Å². The number of halogens is 6. The van der Waals surface area contributed by atoms with Gasteiger partial charge in [-0.2, -0.15) is 0 Å². The Kier molecular flexibility index (Phi) is 3.20. The summed E-state index contributed by atoms with van der Waals surface area (Å²) in [6.45, 7) is 1.02. The number of hydrogen-bond donors (Lipinski definition) is 0. The second-order valence-corrected chi connectivity index (χ2v) is 5.72. The molecule has 0 amide bonds. The van der Waals surface area contributed by atoms with Crippen LogP contribution in [0.3, 0.4) is 0 Å². The van der Waals surface area contributed by atoms with E-state index >= 15 is 0 Å². The van der Waals surface area contributed by atoms with Crippen LogP contribution in [0, 0.1) is 0 Å². The summed E-state index contributed by atoms with van der Waals surface area (Å²) in [5, 5.41) is 0. The van der Waals surface area contributed by atoms with Gasteiger partial charge >= 0.3 is 34.4 Å². The quantitative estimate of drug-likeness (QED) is 0.441. The molecule has 0 bridgehead atoms. The Bertz CT molecular complexity index is 458. The zero-order valence-corrected chi connectivity index (χ0v) is 10.2. The van der Waals surface area contributed by atoms with Crippen molar-refractivity contribution in [1.29, 1.82) is 0 Å². The van der Waals surface area contributed by atoms with Crippen LogP contribution in [0.1, 0.15) is 6.99 Å². The number of fused-ring (bicyclic) bond motifs is 1. The first-order chi connectivity index (χ1) is 7.83. The maximum Gasteiger partial charge on any atom is 1.00 e. The Morgan fingerprint density at radius 1 is 1.06 bits per heavy atom. The number of hydrogen-bond acceptors (Lipinski definition) is 1. The van der Waals surface area contributed by atoms with Gasteiger partial charge < -0.3 is 4.90 Å². The molecule has 0 radical (unpaired) electrons. The first-order valence-corrected chi connectivity index (χ1v) is 6.89. The predicted octanol–water partition coefficient (Wildman–Crippen LogP) is 5.64. The summed E-state index contributed by atoms with van der Waals surface area (Å²) >= 11 is 0. The fraction of sp³-hybridized carbons (Fsp3) is 0.200. The van der Waals surface area contributed by atoms with Gasteiger partial charge in [-0.1, -0.05) is 30.4 Å². The van der Waals surface area contributed by atoms with E-state index in [2.05, 4.69) is 48.4 Å². The maximum atomic E-state index is 9.87. The van der Waals surface area contributed by atoms with Gasteiger partial charge in [0.1, 0.15) is 0 Å². The molecular weight excluding hydrogens is 279 g/mol. The number of para-hydroxylation sites is 1. The van der Waals surface area contributed by atoms with Gasteiger partial charge in [0.15, 0.2) is 0 Å². The van der Waals surface area contributed by atoms with Crippen molar-refractivity contribution >= 4 is 19.6 Å². The molecular formula is C10H12F6NP. The summed E-state index contributed by atoms with van der Waals surface area (Å²) in [6.07, 6.45) is 4.36. The minimum atomic E-state index is -10.7. The van der Waals surface area contributed by atoms with Crippen LogP contribution in [0.5, 0.6) is 0 Å². The molecule has 1 aromatic carbocycles. The normalized spacial score (nSPS) is 18.1. The second-order valence-electron chi connectivity index (χ2n) is 3.80. The third-order valence-electron chi connectivity index (χ3n) is 2.02. The summed E-state index contributed by atoms with van der Waals surface area (Å²) in [7, 11) is -8.54. The van der Waals surface area contributed by atoms with Crippen molar-refractivity contribution < 1.29 is 26.6 Å². The van der Waals surface area contributed by atoms with E-state index in [1.807, 2.05) is 0 Å². The van der Waals surface area contributed by atoms with E-state index in [1.54, 1.807) is 0 Å². The number of likely N-dealkylation sites (N-methyl/N-ethyl adjacent to an activating group) is 1. The minimum absolute atomic E-state index is 0. The largest absolute Gasteiger partial charge is 1.00 e. The molecule has 0 spiro atoms. The van der Waals surface area contributed by atoms with Crippen LogP contribution >= 0.6 is 7.81 Å². The Morgan fingerprint density at radius 2 is 1.56 bits per heavy atom. The molecule has 2 rings (SSSR count). The van der Waals surface area contributed by atoms with E-state index in [4.69, 9.17) is 0 Å². The first kappa shape index (κ1) is 14.8. The first-order valence-electron chi connectivity index (χ1n) is 4.86. The summed E-state index contributed by atoms with van der Waals surface area (Å²) in [4.78, 5) is 2.25.